The van der Waals surface area contributed by atoms with Crippen molar-refractivity contribution < 1.29 is 9.59 Å². The maximum Gasteiger partial charge on any atom is 0.241 e. The predicted molar refractivity (Wildman–Crippen MR) is 100 cm³/mol. The van der Waals surface area contributed by atoms with Crippen molar-refractivity contribution in [2.24, 2.45) is 5.92 Å². The van der Waals surface area contributed by atoms with E-state index in [0.717, 1.165) is 35.8 Å². The normalized spacial score (nSPS) is 13.6. The molecule has 1 aliphatic rings. The second kappa shape index (κ2) is 8.15. The molecule has 1 aliphatic carbocycles. The fourth-order valence-corrected chi connectivity index (χ4v) is 3.17. The number of carbonyl (C=O) groups excluding carboxylic acids is 2. The minimum atomic E-state index is -0.104. The van der Waals surface area contributed by atoms with E-state index < -0.39 is 0 Å². The van der Waals surface area contributed by atoms with Gasteiger partial charge in [0.05, 0.1) is 13.0 Å². The van der Waals surface area contributed by atoms with Crippen molar-refractivity contribution in [3.8, 4) is 0 Å². The minimum Gasteiger partial charge on any atom is -0.347 e. The first-order valence-electron chi connectivity index (χ1n) is 9.18. The summed E-state index contributed by atoms with van der Waals surface area (Å²) >= 11 is 0. The zero-order valence-corrected chi connectivity index (χ0v) is 14.8. The van der Waals surface area contributed by atoms with E-state index in [1.807, 2.05) is 47.4 Å². The number of rotatable bonds is 8. The van der Waals surface area contributed by atoms with Gasteiger partial charge < -0.3 is 10.2 Å². The highest BCUT2D eigenvalue weighted by atomic mass is 16.2. The molecular weight excluding hydrogens is 312 g/mol. The number of benzene rings is 2. The van der Waals surface area contributed by atoms with Crippen molar-refractivity contribution in [3.05, 3.63) is 48.0 Å². The lowest BCUT2D eigenvalue weighted by Gasteiger charge is -2.22. The molecule has 0 atom stereocenters. The largest absolute Gasteiger partial charge is 0.347 e. The van der Waals surface area contributed by atoms with Gasteiger partial charge in [0.1, 0.15) is 0 Å². The zero-order valence-electron chi connectivity index (χ0n) is 14.8. The van der Waals surface area contributed by atoms with Gasteiger partial charge in [0, 0.05) is 13.1 Å². The topological polar surface area (TPSA) is 49.4 Å². The number of amides is 2. The van der Waals surface area contributed by atoms with Crippen LogP contribution < -0.4 is 5.32 Å². The Hall–Kier alpha value is -2.36. The number of hydrogen-bond donors (Lipinski definition) is 1. The summed E-state index contributed by atoms with van der Waals surface area (Å²) in [5, 5.41) is 5.02. The first kappa shape index (κ1) is 17.5. The third-order valence-corrected chi connectivity index (χ3v) is 4.69. The average molecular weight is 338 g/mol. The standard InChI is InChI=1S/C21H26N2O2/c1-2-12-23(15-16-10-11-16)21(25)14-22-20(24)13-18-8-5-7-17-6-3-4-9-19(17)18/h3-9,16H,2,10-15H2,1H3,(H,22,24). The Morgan fingerprint density at radius 2 is 1.88 bits per heavy atom. The van der Waals surface area contributed by atoms with Crippen LogP contribution in [0.15, 0.2) is 42.5 Å². The van der Waals surface area contributed by atoms with E-state index in [1.54, 1.807) is 0 Å². The lowest BCUT2D eigenvalue weighted by molar-refractivity contribution is -0.133. The Bertz CT molecular complexity index is 747. The molecule has 0 heterocycles. The first-order chi connectivity index (χ1) is 12.2. The molecule has 2 aromatic rings. The molecule has 1 fully saturated rings. The number of carbonyl (C=O) groups is 2. The number of nitrogens with one attached hydrogen (secondary N) is 1. The summed E-state index contributed by atoms with van der Waals surface area (Å²) in [6, 6.07) is 14.0. The summed E-state index contributed by atoms with van der Waals surface area (Å²) in [6.45, 7) is 3.78. The summed E-state index contributed by atoms with van der Waals surface area (Å²) in [6.07, 6.45) is 3.69. The van der Waals surface area contributed by atoms with Crippen molar-refractivity contribution in [2.45, 2.75) is 32.6 Å². The molecule has 0 saturated heterocycles. The van der Waals surface area contributed by atoms with Gasteiger partial charge in [0.2, 0.25) is 11.8 Å². The molecule has 0 unspecified atom stereocenters. The van der Waals surface area contributed by atoms with Crippen LogP contribution in [0.3, 0.4) is 0 Å². The van der Waals surface area contributed by atoms with Gasteiger partial charge in [-0.25, -0.2) is 0 Å². The molecular formula is C21H26N2O2. The second-order valence-corrected chi connectivity index (χ2v) is 6.87. The summed E-state index contributed by atoms with van der Waals surface area (Å²) in [5.74, 6) is 0.592. The molecule has 0 bridgehead atoms. The van der Waals surface area contributed by atoms with Crippen molar-refractivity contribution in [1.82, 2.24) is 10.2 Å². The maximum absolute atomic E-state index is 12.4. The fraction of sp³-hybridized carbons (Fsp3) is 0.429. The smallest absolute Gasteiger partial charge is 0.241 e. The first-order valence-corrected chi connectivity index (χ1v) is 9.18. The molecule has 25 heavy (non-hydrogen) atoms. The van der Waals surface area contributed by atoms with E-state index in [1.165, 1.54) is 12.8 Å². The molecule has 0 aromatic heterocycles. The van der Waals surface area contributed by atoms with Crippen LogP contribution in [-0.2, 0) is 16.0 Å². The molecule has 3 rings (SSSR count). The van der Waals surface area contributed by atoms with Crippen LogP contribution in [0.25, 0.3) is 10.8 Å². The van der Waals surface area contributed by atoms with Crippen molar-refractivity contribution >= 4 is 22.6 Å². The highest BCUT2D eigenvalue weighted by molar-refractivity contribution is 5.91. The van der Waals surface area contributed by atoms with Crippen LogP contribution in [0.5, 0.6) is 0 Å². The van der Waals surface area contributed by atoms with Crippen LogP contribution in [0.4, 0.5) is 0 Å². The van der Waals surface area contributed by atoms with E-state index in [9.17, 15) is 9.59 Å². The van der Waals surface area contributed by atoms with Gasteiger partial charge in [-0.1, -0.05) is 49.4 Å². The van der Waals surface area contributed by atoms with Gasteiger partial charge >= 0.3 is 0 Å². The molecule has 0 radical (unpaired) electrons. The van der Waals surface area contributed by atoms with Crippen LogP contribution in [0, 0.1) is 5.92 Å². The SMILES string of the molecule is CCCN(CC1CC1)C(=O)CNC(=O)Cc1cccc2ccccc12. The Morgan fingerprint density at radius 1 is 1.12 bits per heavy atom. The Kier molecular flexibility index (Phi) is 5.69. The Labute approximate surface area is 149 Å². The predicted octanol–water partition coefficient (Wildman–Crippen LogP) is 3.15. The van der Waals surface area contributed by atoms with Gasteiger partial charge in [0.15, 0.2) is 0 Å². The monoisotopic (exact) mass is 338 g/mol. The van der Waals surface area contributed by atoms with Gasteiger partial charge in [0.25, 0.3) is 0 Å². The summed E-state index contributed by atoms with van der Waals surface area (Å²) in [7, 11) is 0. The van der Waals surface area contributed by atoms with E-state index >= 15 is 0 Å². The number of nitrogens with zero attached hydrogens (tertiary/aromatic N) is 1. The van der Waals surface area contributed by atoms with Gasteiger partial charge in [-0.15, -0.1) is 0 Å². The van der Waals surface area contributed by atoms with Crippen LogP contribution >= 0.6 is 0 Å². The quantitative estimate of drug-likeness (QED) is 0.804. The van der Waals surface area contributed by atoms with Gasteiger partial charge in [-0.2, -0.15) is 0 Å². The third kappa shape index (κ3) is 4.81. The van der Waals surface area contributed by atoms with E-state index in [4.69, 9.17) is 0 Å². The molecule has 2 amide bonds. The van der Waals surface area contributed by atoms with Crippen LogP contribution in [-0.4, -0.2) is 36.3 Å². The highest BCUT2D eigenvalue weighted by Crippen LogP contribution is 2.29. The van der Waals surface area contributed by atoms with Crippen molar-refractivity contribution in [3.63, 3.8) is 0 Å². The lowest BCUT2D eigenvalue weighted by Crippen LogP contribution is -2.41. The van der Waals surface area contributed by atoms with Crippen LogP contribution in [0.2, 0.25) is 0 Å². The second-order valence-electron chi connectivity index (χ2n) is 6.87. The molecule has 132 valence electrons. The molecule has 2 aromatic carbocycles. The van der Waals surface area contributed by atoms with Crippen molar-refractivity contribution in [1.29, 1.82) is 0 Å². The molecule has 4 heteroatoms. The summed E-state index contributed by atoms with van der Waals surface area (Å²) in [5.41, 5.74) is 0.992. The highest BCUT2D eigenvalue weighted by Gasteiger charge is 2.26. The van der Waals surface area contributed by atoms with E-state index in [-0.39, 0.29) is 18.4 Å². The summed E-state index contributed by atoms with van der Waals surface area (Å²) in [4.78, 5) is 26.6. The molecule has 1 saturated carbocycles. The molecule has 0 aliphatic heterocycles. The van der Waals surface area contributed by atoms with Gasteiger partial charge in [-0.3, -0.25) is 9.59 Å². The third-order valence-electron chi connectivity index (χ3n) is 4.69. The minimum absolute atomic E-state index is 0.0278. The summed E-state index contributed by atoms with van der Waals surface area (Å²) < 4.78 is 0. The molecule has 1 N–H and O–H groups in total. The fourth-order valence-electron chi connectivity index (χ4n) is 3.17. The maximum atomic E-state index is 12.4. The molecule has 0 spiro atoms. The Morgan fingerprint density at radius 3 is 2.64 bits per heavy atom. The lowest BCUT2D eigenvalue weighted by atomic mass is 10.0. The molecule has 4 nitrogen and oxygen atoms in total. The van der Waals surface area contributed by atoms with Gasteiger partial charge in [-0.05, 0) is 41.5 Å². The van der Waals surface area contributed by atoms with E-state index in [2.05, 4.69) is 12.2 Å². The van der Waals surface area contributed by atoms with Crippen molar-refractivity contribution in [2.75, 3.05) is 19.6 Å². The number of hydrogen-bond acceptors (Lipinski definition) is 2. The average Bonchev–Trinajstić information content (AvgIpc) is 3.44. The van der Waals surface area contributed by atoms with Crippen LogP contribution in [0.1, 0.15) is 31.7 Å². The van der Waals surface area contributed by atoms with E-state index in [0.29, 0.717) is 12.3 Å². The number of fused-ring (bicyclic) bond motifs is 1. The zero-order chi connectivity index (χ0) is 17.6. The Balaban J connectivity index is 1.55.